The molecular weight excluding hydrogens is 272 g/mol. The Kier molecular flexibility index (Phi) is 3.46. The molecule has 1 saturated carbocycles. The molecule has 1 aliphatic heterocycles. The highest BCUT2D eigenvalue weighted by atomic mass is 19.4. The van der Waals surface area contributed by atoms with E-state index in [0.717, 1.165) is 25.2 Å². The number of benzene rings is 1. The molecule has 6 heteroatoms. The van der Waals surface area contributed by atoms with Gasteiger partial charge in [-0.05, 0) is 43.1 Å². The van der Waals surface area contributed by atoms with Crippen LogP contribution in [0.25, 0.3) is 5.32 Å². The Balaban J connectivity index is 1.56. The molecule has 2 aliphatic rings. The zero-order valence-corrected chi connectivity index (χ0v) is 10.8. The lowest BCUT2D eigenvalue weighted by molar-refractivity contribution is -0.137. The number of piperidine rings is 1. The van der Waals surface area contributed by atoms with Gasteiger partial charge in [0.15, 0.2) is 0 Å². The maximum Gasteiger partial charge on any atom is 0.416 e. The van der Waals surface area contributed by atoms with E-state index in [9.17, 15) is 17.6 Å². The predicted octanol–water partition coefficient (Wildman–Crippen LogP) is 3.18. The maximum absolute atomic E-state index is 13.2. The lowest BCUT2D eigenvalue weighted by Crippen LogP contribution is -2.16. The second-order valence-corrected chi connectivity index (χ2v) is 5.56. The van der Waals surface area contributed by atoms with E-state index in [2.05, 4.69) is 10.6 Å². The topological polar surface area (TPSA) is 26.1 Å². The van der Waals surface area contributed by atoms with Crippen LogP contribution in [0.2, 0.25) is 0 Å². The molecular formula is C14H15F4N2-. The van der Waals surface area contributed by atoms with Crippen molar-refractivity contribution >= 4 is 0 Å². The Morgan fingerprint density at radius 1 is 1.15 bits per heavy atom. The standard InChI is InChI=1S/C14H15F4N2/c15-10-2-8(1-9(3-10)14(16,17)18)4-19-5-11-12-6-20-7-13(11)12/h1-3,11-13,20H,4-7H2/q-1. The molecule has 20 heavy (non-hydrogen) atoms. The fourth-order valence-corrected chi connectivity index (χ4v) is 3.07. The van der Waals surface area contributed by atoms with Crippen molar-refractivity contribution in [1.82, 2.24) is 5.32 Å². The Labute approximate surface area is 114 Å². The van der Waals surface area contributed by atoms with E-state index in [1.54, 1.807) is 0 Å². The smallest absolute Gasteiger partial charge is 0.416 e. The van der Waals surface area contributed by atoms with E-state index in [1.807, 2.05) is 0 Å². The molecule has 1 aromatic carbocycles. The van der Waals surface area contributed by atoms with E-state index in [-0.39, 0.29) is 12.1 Å². The van der Waals surface area contributed by atoms with Crippen molar-refractivity contribution in [2.45, 2.75) is 12.7 Å². The van der Waals surface area contributed by atoms with Gasteiger partial charge in [0.25, 0.3) is 0 Å². The molecule has 1 aromatic rings. The summed E-state index contributed by atoms with van der Waals surface area (Å²) in [5.41, 5.74) is -0.670. The largest absolute Gasteiger partial charge is 0.658 e. The number of hydrogen-bond acceptors (Lipinski definition) is 1. The van der Waals surface area contributed by atoms with Gasteiger partial charge < -0.3 is 10.6 Å². The number of rotatable bonds is 4. The van der Waals surface area contributed by atoms with Crippen molar-refractivity contribution in [2.75, 3.05) is 19.6 Å². The third-order valence-electron chi connectivity index (χ3n) is 4.19. The summed E-state index contributed by atoms with van der Waals surface area (Å²) in [6.07, 6.45) is -4.52. The first kappa shape index (κ1) is 13.8. The highest BCUT2D eigenvalue weighted by Crippen LogP contribution is 2.49. The van der Waals surface area contributed by atoms with Crippen molar-refractivity contribution in [2.24, 2.45) is 17.8 Å². The summed E-state index contributed by atoms with van der Waals surface area (Å²) in [6.45, 7) is 2.84. The monoisotopic (exact) mass is 287 g/mol. The van der Waals surface area contributed by atoms with Crippen LogP contribution >= 0.6 is 0 Å². The van der Waals surface area contributed by atoms with Crippen LogP contribution in [0, 0.1) is 23.6 Å². The van der Waals surface area contributed by atoms with Gasteiger partial charge in [-0.2, -0.15) is 13.2 Å². The van der Waals surface area contributed by atoms with Crippen LogP contribution in [0.5, 0.6) is 0 Å². The summed E-state index contributed by atoms with van der Waals surface area (Å²) in [4.78, 5) is 0. The number of alkyl halides is 3. The van der Waals surface area contributed by atoms with Crippen molar-refractivity contribution in [3.05, 3.63) is 40.5 Å². The molecule has 110 valence electrons. The van der Waals surface area contributed by atoms with Crippen LogP contribution in [0.15, 0.2) is 18.2 Å². The van der Waals surface area contributed by atoms with E-state index >= 15 is 0 Å². The molecule has 0 bridgehead atoms. The van der Waals surface area contributed by atoms with E-state index in [1.165, 1.54) is 0 Å². The normalized spacial score (nSPS) is 28.5. The van der Waals surface area contributed by atoms with Crippen LogP contribution in [0.1, 0.15) is 11.1 Å². The van der Waals surface area contributed by atoms with Gasteiger partial charge >= 0.3 is 6.18 Å². The first-order valence-electron chi connectivity index (χ1n) is 6.66. The van der Waals surface area contributed by atoms with Gasteiger partial charge in [-0.3, -0.25) is 0 Å². The molecule has 2 atom stereocenters. The lowest BCUT2D eigenvalue weighted by Gasteiger charge is -2.21. The molecule has 1 saturated heterocycles. The minimum absolute atomic E-state index is 0.143. The van der Waals surface area contributed by atoms with Gasteiger partial charge in [0, 0.05) is 0 Å². The molecule has 3 rings (SSSR count). The summed E-state index contributed by atoms with van der Waals surface area (Å²) < 4.78 is 50.9. The summed E-state index contributed by atoms with van der Waals surface area (Å²) in [5, 5.41) is 7.56. The zero-order valence-electron chi connectivity index (χ0n) is 10.8. The first-order valence-corrected chi connectivity index (χ1v) is 6.66. The van der Waals surface area contributed by atoms with Gasteiger partial charge in [0.1, 0.15) is 5.82 Å². The zero-order chi connectivity index (χ0) is 14.3. The summed E-state index contributed by atoms with van der Waals surface area (Å²) in [5.74, 6) is 1.05. The first-order chi connectivity index (χ1) is 9.45. The minimum Gasteiger partial charge on any atom is -0.658 e. The SMILES string of the molecule is Fc1cc(C[N-]CC2C3CNCC23)cc(C(F)(F)F)c1. The molecule has 1 heterocycles. The van der Waals surface area contributed by atoms with Crippen LogP contribution in [0.4, 0.5) is 17.6 Å². The van der Waals surface area contributed by atoms with Crippen LogP contribution in [0.3, 0.4) is 0 Å². The van der Waals surface area contributed by atoms with Gasteiger partial charge in [0.2, 0.25) is 0 Å². The molecule has 2 fully saturated rings. The molecule has 0 amide bonds. The lowest BCUT2D eigenvalue weighted by atomic mass is 10.1. The number of nitrogens with one attached hydrogen (secondary N) is 1. The van der Waals surface area contributed by atoms with Crippen molar-refractivity contribution in [1.29, 1.82) is 0 Å². The molecule has 1 aliphatic carbocycles. The van der Waals surface area contributed by atoms with Gasteiger partial charge in [0.05, 0.1) is 5.56 Å². The van der Waals surface area contributed by atoms with Gasteiger partial charge in [-0.25, -0.2) is 4.39 Å². The van der Waals surface area contributed by atoms with E-state index in [4.69, 9.17) is 0 Å². The van der Waals surface area contributed by atoms with Crippen molar-refractivity contribution in [3.63, 3.8) is 0 Å². The van der Waals surface area contributed by atoms with Crippen LogP contribution in [-0.2, 0) is 12.7 Å². The predicted molar refractivity (Wildman–Crippen MR) is 66.7 cm³/mol. The van der Waals surface area contributed by atoms with Gasteiger partial charge in [-0.15, -0.1) is 13.1 Å². The summed E-state index contributed by atoms with van der Waals surface area (Å²) in [6, 6.07) is 2.61. The molecule has 1 N–H and O–H groups in total. The van der Waals surface area contributed by atoms with Crippen LogP contribution < -0.4 is 5.32 Å². The highest BCUT2D eigenvalue weighted by molar-refractivity contribution is 5.28. The van der Waals surface area contributed by atoms with Crippen LogP contribution in [-0.4, -0.2) is 19.6 Å². The van der Waals surface area contributed by atoms with E-state index < -0.39 is 17.6 Å². The Hall–Kier alpha value is -1.14. The molecule has 2 nitrogen and oxygen atoms in total. The second-order valence-electron chi connectivity index (χ2n) is 5.56. The third-order valence-corrected chi connectivity index (χ3v) is 4.19. The number of fused-ring (bicyclic) bond motifs is 1. The Bertz CT molecular complexity index is 490. The minimum atomic E-state index is -4.52. The second kappa shape index (κ2) is 5.00. The Morgan fingerprint density at radius 2 is 1.85 bits per heavy atom. The van der Waals surface area contributed by atoms with Gasteiger partial charge in [-0.1, -0.05) is 11.5 Å². The molecule has 0 aromatic heterocycles. The fraction of sp³-hybridized carbons (Fsp3) is 0.571. The summed E-state index contributed by atoms with van der Waals surface area (Å²) >= 11 is 0. The highest BCUT2D eigenvalue weighted by Gasteiger charge is 2.49. The quantitative estimate of drug-likeness (QED) is 0.846. The van der Waals surface area contributed by atoms with Crippen molar-refractivity contribution in [3.8, 4) is 0 Å². The average Bonchev–Trinajstić information content (AvgIpc) is 2.81. The van der Waals surface area contributed by atoms with E-state index in [0.29, 0.717) is 30.4 Å². The number of nitrogens with zero attached hydrogens (tertiary/aromatic N) is 1. The van der Waals surface area contributed by atoms with Crippen molar-refractivity contribution < 1.29 is 17.6 Å². The Morgan fingerprint density at radius 3 is 2.50 bits per heavy atom. The average molecular weight is 287 g/mol. The third kappa shape index (κ3) is 2.81. The number of halogens is 4. The molecule has 2 unspecified atom stereocenters. The number of hydrogen-bond donors (Lipinski definition) is 1. The fourth-order valence-electron chi connectivity index (χ4n) is 3.07. The molecule has 0 radical (unpaired) electrons. The maximum atomic E-state index is 13.2. The molecule has 0 spiro atoms. The summed E-state index contributed by atoms with van der Waals surface area (Å²) in [7, 11) is 0.